The van der Waals surface area contributed by atoms with E-state index in [4.69, 9.17) is 4.74 Å². The van der Waals surface area contributed by atoms with Gasteiger partial charge < -0.3 is 14.7 Å². The van der Waals surface area contributed by atoms with Crippen molar-refractivity contribution >= 4 is 5.91 Å². The van der Waals surface area contributed by atoms with E-state index < -0.39 is 6.10 Å². The van der Waals surface area contributed by atoms with Gasteiger partial charge in [0.05, 0.1) is 12.7 Å². The average molecular weight is 291 g/mol. The van der Waals surface area contributed by atoms with Crippen LogP contribution in [0.2, 0.25) is 0 Å². The van der Waals surface area contributed by atoms with Crippen LogP contribution in [0.1, 0.15) is 32.3 Å². The van der Waals surface area contributed by atoms with E-state index in [1.807, 2.05) is 35.2 Å². The smallest absolute Gasteiger partial charge is 0.251 e. The molecule has 0 radical (unpaired) electrons. The maximum Gasteiger partial charge on any atom is 0.251 e. The van der Waals surface area contributed by atoms with Crippen LogP contribution in [0.5, 0.6) is 0 Å². The van der Waals surface area contributed by atoms with Gasteiger partial charge in [-0.2, -0.15) is 0 Å². The van der Waals surface area contributed by atoms with Crippen LogP contribution in [-0.4, -0.2) is 41.2 Å². The number of benzene rings is 1. The van der Waals surface area contributed by atoms with Crippen LogP contribution in [0, 0.1) is 5.92 Å². The van der Waals surface area contributed by atoms with Gasteiger partial charge in [0.1, 0.15) is 6.10 Å². The summed E-state index contributed by atoms with van der Waals surface area (Å²) in [6, 6.07) is 9.86. The summed E-state index contributed by atoms with van der Waals surface area (Å²) in [4.78, 5) is 14.2. The molecule has 1 N–H and O–H groups in total. The Bertz CT molecular complexity index is 447. The largest absolute Gasteiger partial charge is 0.393 e. The van der Waals surface area contributed by atoms with Crippen LogP contribution in [0.25, 0.3) is 0 Å². The average Bonchev–Trinajstić information content (AvgIpc) is 2.53. The highest BCUT2D eigenvalue weighted by Gasteiger charge is 2.29. The van der Waals surface area contributed by atoms with Crippen molar-refractivity contribution in [1.82, 2.24) is 4.90 Å². The van der Waals surface area contributed by atoms with E-state index in [-0.39, 0.29) is 17.9 Å². The number of nitrogens with zero attached hydrogens (tertiary/aromatic N) is 1. The molecule has 1 saturated heterocycles. The maximum atomic E-state index is 12.4. The molecular weight excluding hydrogens is 266 g/mol. The quantitative estimate of drug-likeness (QED) is 0.905. The predicted molar refractivity (Wildman–Crippen MR) is 81.7 cm³/mol. The molecule has 3 unspecified atom stereocenters. The number of carbonyl (C=O) groups is 1. The zero-order valence-electron chi connectivity index (χ0n) is 12.9. The standard InChI is InChI=1S/C17H25NO3/c1-13(19)16-9-6-10-18(11-16)17(20)14(2)21-12-15-7-4-3-5-8-15/h3-5,7-8,13-14,16,19H,6,9-12H2,1-2H3. The molecule has 3 atom stereocenters. The second-order valence-electron chi connectivity index (χ2n) is 5.87. The molecular formula is C17H25NO3. The summed E-state index contributed by atoms with van der Waals surface area (Å²) in [5, 5.41) is 9.70. The van der Waals surface area contributed by atoms with E-state index in [0.29, 0.717) is 13.2 Å². The van der Waals surface area contributed by atoms with Crippen LogP contribution in [0.4, 0.5) is 0 Å². The summed E-state index contributed by atoms with van der Waals surface area (Å²) in [5.41, 5.74) is 1.07. The lowest BCUT2D eigenvalue weighted by Gasteiger charge is -2.35. The molecule has 0 aliphatic carbocycles. The molecule has 1 heterocycles. The normalized spacial score (nSPS) is 21.9. The minimum Gasteiger partial charge on any atom is -0.393 e. The molecule has 1 aromatic carbocycles. The van der Waals surface area contributed by atoms with Gasteiger partial charge in [0, 0.05) is 19.0 Å². The summed E-state index contributed by atoms with van der Waals surface area (Å²) < 4.78 is 5.69. The van der Waals surface area contributed by atoms with Crippen LogP contribution >= 0.6 is 0 Å². The Balaban J connectivity index is 1.84. The molecule has 1 amide bonds. The molecule has 0 aromatic heterocycles. The number of aliphatic hydroxyl groups is 1. The molecule has 4 heteroatoms. The summed E-state index contributed by atoms with van der Waals surface area (Å²) >= 11 is 0. The third kappa shape index (κ3) is 4.55. The first kappa shape index (κ1) is 16.0. The fourth-order valence-corrected chi connectivity index (χ4v) is 2.73. The molecule has 1 aromatic rings. The lowest BCUT2D eigenvalue weighted by molar-refractivity contribution is -0.146. The fraction of sp³-hybridized carbons (Fsp3) is 0.588. The molecule has 0 saturated carbocycles. The number of hydrogen-bond acceptors (Lipinski definition) is 3. The number of piperidine rings is 1. The number of likely N-dealkylation sites (tertiary alicyclic amines) is 1. The predicted octanol–water partition coefficient (Wildman–Crippen LogP) is 2.21. The number of hydrogen-bond donors (Lipinski definition) is 1. The Kier molecular flexibility index (Phi) is 5.76. The first-order valence-corrected chi connectivity index (χ1v) is 7.70. The van der Waals surface area contributed by atoms with Gasteiger partial charge in [-0.25, -0.2) is 0 Å². The molecule has 4 nitrogen and oxygen atoms in total. The van der Waals surface area contributed by atoms with Gasteiger partial charge >= 0.3 is 0 Å². The zero-order valence-corrected chi connectivity index (χ0v) is 12.9. The van der Waals surface area contributed by atoms with Crippen LogP contribution in [-0.2, 0) is 16.1 Å². The molecule has 1 aliphatic heterocycles. The summed E-state index contributed by atoms with van der Waals surface area (Å²) in [6.07, 6.45) is 1.13. The molecule has 116 valence electrons. The van der Waals surface area contributed by atoms with Crippen molar-refractivity contribution < 1.29 is 14.6 Å². The van der Waals surface area contributed by atoms with Gasteiger partial charge in [0.15, 0.2) is 0 Å². The highest BCUT2D eigenvalue weighted by molar-refractivity contribution is 5.80. The first-order valence-electron chi connectivity index (χ1n) is 7.70. The van der Waals surface area contributed by atoms with Gasteiger partial charge in [-0.05, 0) is 32.3 Å². The highest BCUT2D eigenvalue weighted by atomic mass is 16.5. The fourth-order valence-electron chi connectivity index (χ4n) is 2.73. The van der Waals surface area contributed by atoms with Gasteiger partial charge in [-0.1, -0.05) is 30.3 Å². The van der Waals surface area contributed by atoms with Crippen LogP contribution in [0.15, 0.2) is 30.3 Å². The van der Waals surface area contributed by atoms with Crippen molar-refractivity contribution in [2.24, 2.45) is 5.92 Å². The molecule has 1 fully saturated rings. The number of ether oxygens (including phenoxy) is 1. The molecule has 2 rings (SSSR count). The van der Waals surface area contributed by atoms with Crippen molar-refractivity contribution in [2.75, 3.05) is 13.1 Å². The van der Waals surface area contributed by atoms with Gasteiger partial charge in [0.25, 0.3) is 5.91 Å². The van der Waals surface area contributed by atoms with Crippen molar-refractivity contribution in [3.05, 3.63) is 35.9 Å². The third-order valence-electron chi connectivity index (χ3n) is 4.14. The van der Waals surface area contributed by atoms with E-state index in [2.05, 4.69) is 0 Å². The van der Waals surface area contributed by atoms with E-state index in [9.17, 15) is 9.90 Å². The van der Waals surface area contributed by atoms with Crippen molar-refractivity contribution in [3.8, 4) is 0 Å². The number of rotatable bonds is 5. The molecule has 0 bridgehead atoms. The highest BCUT2D eigenvalue weighted by Crippen LogP contribution is 2.20. The second kappa shape index (κ2) is 7.57. The van der Waals surface area contributed by atoms with E-state index in [0.717, 1.165) is 24.9 Å². The zero-order chi connectivity index (χ0) is 15.2. The number of carbonyl (C=O) groups excluding carboxylic acids is 1. The topological polar surface area (TPSA) is 49.8 Å². The Morgan fingerprint density at radius 1 is 1.38 bits per heavy atom. The monoisotopic (exact) mass is 291 g/mol. The third-order valence-corrected chi connectivity index (χ3v) is 4.14. The Morgan fingerprint density at radius 3 is 2.76 bits per heavy atom. The lowest BCUT2D eigenvalue weighted by atomic mass is 9.93. The lowest BCUT2D eigenvalue weighted by Crippen LogP contribution is -2.46. The number of aliphatic hydroxyl groups excluding tert-OH is 1. The van der Waals surface area contributed by atoms with Gasteiger partial charge in [-0.3, -0.25) is 4.79 Å². The number of amides is 1. The molecule has 0 spiro atoms. The van der Waals surface area contributed by atoms with E-state index in [1.165, 1.54) is 0 Å². The maximum absolute atomic E-state index is 12.4. The van der Waals surface area contributed by atoms with Crippen molar-refractivity contribution in [1.29, 1.82) is 0 Å². The van der Waals surface area contributed by atoms with E-state index >= 15 is 0 Å². The Hall–Kier alpha value is -1.39. The Labute approximate surface area is 126 Å². The van der Waals surface area contributed by atoms with Crippen molar-refractivity contribution in [3.63, 3.8) is 0 Å². The summed E-state index contributed by atoms with van der Waals surface area (Å²) in [6.45, 7) is 5.45. The van der Waals surface area contributed by atoms with Crippen molar-refractivity contribution in [2.45, 2.75) is 45.5 Å². The summed E-state index contributed by atoms with van der Waals surface area (Å²) in [5.74, 6) is 0.209. The molecule has 1 aliphatic rings. The van der Waals surface area contributed by atoms with Crippen LogP contribution < -0.4 is 0 Å². The SMILES string of the molecule is CC(OCc1ccccc1)C(=O)N1CCCC(C(C)O)C1. The minimum atomic E-state index is -0.446. The second-order valence-corrected chi connectivity index (χ2v) is 5.87. The molecule has 21 heavy (non-hydrogen) atoms. The summed E-state index contributed by atoms with van der Waals surface area (Å²) in [7, 11) is 0. The van der Waals surface area contributed by atoms with Gasteiger partial charge in [-0.15, -0.1) is 0 Å². The van der Waals surface area contributed by atoms with E-state index in [1.54, 1.807) is 13.8 Å². The van der Waals surface area contributed by atoms with Crippen LogP contribution in [0.3, 0.4) is 0 Å². The van der Waals surface area contributed by atoms with Gasteiger partial charge in [0.2, 0.25) is 0 Å². The minimum absolute atomic E-state index is 0.0243. The first-order chi connectivity index (χ1) is 10.1. The Morgan fingerprint density at radius 2 is 2.10 bits per heavy atom.